The zero-order valence-corrected chi connectivity index (χ0v) is 14.6. The average Bonchev–Trinajstić information content (AvgIpc) is 2.62. The van der Waals surface area contributed by atoms with Crippen molar-refractivity contribution in [1.82, 2.24) is 4.98 Å². The molecular formula is C19H19F4N3O. The third kappa shape index (κ3) is 5.80. The fraction of sp³-hybridized carbons (Fsp3) is 0.263. The largest absolute Gasteiger partial charge is 0.419 e. The summed E-state index contributed by atoms with van der Waals surface area (Å²) in [6.07, 6.45) is -2.95. The van der Waals surface area contributed by atoms with Crippen LogP contribution in [0, 0.1) is 11.7 Å². The van der Waals surface area contributed by atoms with E-state index < -0.39 is 23.5 Å². The Bertz CT molecular complexity index is 803. The maximum Gasteiger partial charge on any atom is 0.419 e. The Kier molecular flexibility index (Phi) is 6.55. The minimum absolute atomic E-state index is 0.146. The lowest BCUT2D eigenvalue weighted by molar-refractivity contribution is -0.137. The fourth-order valence-corrected chi connectivity index (χ4v) is 2.30. The summed E-state index contributed by atoms with van der Waals surface area (Å²) in [7, 11) is 0. The minimum atomic E-state index is -4.50. The Labute approximate surface area is 154 Å². The monoisotopic (exact) mass is 381 g/mol. The quantitative estimate of drug-likeness (QED) is 0.531. The highest BCUT2D eigenvalue weighted by atomic mass is 19.4. The number of nitrogens with zero attached hydrogens (tertiary/aromatic N) is 1. The molecule has 1 heterocycles. The zero-order chi connectivity index (χ0) is 20.0. The average molecular weight is 381 g/mol. The molecule has 0 radical (unpaired) electrons. The molecule has 4 nitrogen and oxygen atoms in total. The summed E-state index contributed by atoms with van der Waals surface area (Å²) in [4.78, 5) is 15.9. The lowest BCUT2D eigenvalue weighted by Gasteiger charge is -2.17. The second-order valence-corrected chi connectivity index (χ2v) is 5.95. The Morgan fingerprint density at radius 3 is 2.52 bits per heavy atom. The molecule has 2 N–H and O–H groups in total. The van der Waals surface area contributed by atoms with E-state index in [4.69, 9.17) is 0 Å². The molecule has 144 valence electrons. The van der Waals surface area contributed by atoms with Gasteiger partial charge in [-0.25, -0.2) is 9.37 Å². The van der Waals surface area contributed by atoms with Crippen molar-refractivity contribution in [3.8, 4) is 0 Å². The van der Waals surface area contributed by atoms with Gasteiger partial charge in [-0.05, 0) is 49.7 Å². The van der Waals surface area contributed by atoms with E-state index in [1.807, 2.05) is 0 Å². The Balaban J connectivity index is 1.88. The van der Waals surface area contributed by atoms with Crippen LogP contribution in [0.25, 0.3) is 0 Å². The highest BCUT2D eigenvalue weighted by Crippen LogP contribution is 2.33. The number of carbonyl (C=O) groups is 1. The lowest BCUT2D eigenvalue weighted by atomic mass is 9.98. The number of nitrogens with one attached hydrogen (secondary N) is 2. The molecule has 0 spiro atoms. The van der Waals surface area contributed by atoms with Gasteiger partial charge in [0.25, 0.3) is 0 Å². The van der Waals surface area contributed by atoms with Crippen LogP contribution in [-0.4, -0.2) is 17.4 Å². The molecule has 2 aromatic rings. The van der Waals surface area contributed by atoms with Crippen LogP contribution in [0.3, 0.4) is 0 Å². The van der Waals surface area contributed by atoms with E-state index in [0.29, 0.717) is 11.3 Å². The van der Waals surface area contributed by atoms with Gasteiger partial charge >= 0.3 is 6.18 Å². The van der Waals surface area contributed by atoms with E-state index in [9.17, 15) is 22.4 Å². The number of benzene rings is 1. The Hall–Kier alpha value is -2.90. The van der Waals surface area contributed by atoms with Crippen LogP contribution in [-0.2, 0) is 11.0 Å². The summed E-state index contributed by atoms with van der Waals surface area (Å²) >= 11 is 0. The molecule has 0 fully saturated rings. The zero-order valence-electron chi connectivity index (χ0n) is 14.6. The SMILES string of the molecule is C=C(CCNc1ncccc1C(F)(F)F)C(C)C(=O)Nc1ccc(F)cc1. The molecule has 0 aliphatic rings. The molecule has 0 aliphatic carbocycles. The smallest absolute Gasteiger partial charge is 0.369 e. The summed E-state index contributed by atoms with van der Waals surface area (Å²) < 4.78 is 51.7. The van der Waals surface area contributed by atoms with E-state index in [1.165, 1.54) is 36.5 Å². The normalized spacial score (nSPS) is 12.3. The third-order valence-electron chi connectivity index (χ3n) is 3.97. The fourth-order valence-electron chi connectivity index (χ4n) is 2.30. The highest BCUT2D eigenvalue weighted by Gasteiger charge is 2.34. The predicted molar refractivity (Wildman–Crippen MR) is 95.7 cm³/mol. The van der Waals surface area contributed by atoms with Gasteiger partial charge in [-0.2, -0.15) is 13.2 Å². The number of hydrogen-bond donors (Lipinski definition) is 2. The Morgan fingerprint density at radius 2 is 1.89 bits per heavy atom. The number of carbonyl (C=O) groups excluding carboxylic acids is 1. The van der Waals surface area contributed by atoms with Crippen molar-refractivity contribution in [2.45, 2.75) is 19.5 Å². The van der Waals surface area contributed by atoms with Crippen LogP contribution >= 0.6 is 0 Å². The van der Waals surface area contributed by atoms with E-state index in [-0.39, 0.29) is 24.7 Å². The van der Waals surface area contributed by atoms with Crippen molar-refractivity contribution < 1.29 is 22.4 Å². The van der Waals surface area contributed by atoms with Crippen molar-refractivity contribution >= 4 is 17.4 Å². The van der Waals surface area contributed by atoms with Gasteiger partial charge in [0, 0.05) is 18.4 Å². The summed E-state index contributed by atoms with van der Waals surface area (Å²) in [5.74, 6) is -1.58. The second kappa shape index (κ2) is 8.66. The van der Waals surface area contributed by atoms with Crippen LogP contribution in [0.5, 0.6) is 0 Å². The summed E-state index contributed by atoms with van der Waals surface area (Å²) in [6.45, 7) is 5.62. The van der Waals surface area contributed by atoms with E-state index >= 15 is 0 Å². The van der Waals surface area contributed by atoms with Crippen molar-refractivity contribution in [1.29, 1.82) is 0 Å². The molecule has 8 heteroatoms. The van der Waals surface area contributed by atoms with Crippen LogP contribution in [0.2, 0.25) is 0 Å². The van der Waals surface area contributed by atoms with Crippen molar-refractivity contribution in [2.75, 3.05) is 17.2 Å². The first-order valence-electron chi connectivity index (χ1n) is 8.18. The molecule has 1 aromatic heterocycles. The van der Waals surface area contributed by atoms with Crippen LogP contribution in [0.1, 0.15) is 18.9 Å². The first-order valence-corrected chi connectivity index (χ1v) is 8.18. The number of amides is 1. The van der Waals surface area contributed by atoms with Gasteiger partial charge in [0.2, 0.25) is 5.91 Å². The number of anilines is 2. The number of rotatable bonds is 7. The molecule has 1 aromatic carbocycles. The topological polar surface area (TPSA) is 54.0 Å². The molecule has 1 unspecified atom stereocenters. The Morgan fingerprint density at radius 1 is 1.22 bits per heavy atom. The molecule has 0 aliphatic heterocycles. The molecule has 2 rings (SSSR count). The second-order valence-electron chi connectivity index (χ2n) is 5.95. The third-order valence-corrected chi connectivity index (χ3v) is 3.97. The lowest BCUT2D eigenvalue weighted by Crippen LogP contribution is -2.23. The molecule has 1 atom stereocenters. The molecule has 1 amide bonds. The molecule has 0 saturated heterocycles. The van der Waals surface area contributed by atoms with E-state index in [0.717, 1.165) is 6.07 Å². The van der Waals surface area contributed by atoms with Gasteiger partial charge in [-0.15, -0.1) is 0 Å². The van der Waals surface area contributed by atoms with E-state index in [2.05, 4.69) is 22.2 Å². The number of hydrogen-bond acceptors (Lipinski definition) is 3. The van der Waals surface area contributed by atoms with Gasteiger partial charge in [-0.3, -0.25) is 4.79 Å². The predicted octanol–water partition coefficient (Wildman–Crippen LogP) is 4.87. The number of halogens is 4. The summed E-state index contributed by atoms with van der Waals surface area (Å²) in [5.41, 5.74) is 0.145. The van der Waals surface area contributed by atoms with Gasteiger partial charge in [0.15, 0.2) is 0 Å². The summed E-state index contributed by atoms with van der Waals surface area (Å²) in [5, 5.41) is 5.27. The highest BCUT2D eigenvalue weighted by molar-refractivity contribution is 5.94. The van der Waals surface area contributed by atoms with Crippen LogP contribution < -0.4 is 10.6 Å². The maximum absolute atomic E-state index is 12.9. The molecule has 27 heavy (non-hydrogen) atoms. The van der Waals surface area contributed by atoms with Gasteiger partial charge in [0.1, 0.15) is 11.6 Å². The van der Waals surface area contributed by atoms with Crippen LogP contribution in [0.4, 0.5) is 29.1 Å². The van der Waals surface area contributed by atoms with Gasteiger partial charge in [-0.1, -0.05) is 12.2 Å². The molecule has 0 bridgehead atoms. The number of aromatic nitrogens is 1. The summed E-state index contributed by atoms with van der Waals surface area (Å²) in [6, 6.07) is 7.49. The molecular weight excluding hydrogens is 362 g/mol. The maximum atomic E-state index is 12.9. The standard InChI is InChI=1S/C19H19F4N3O/c1-12(13(2)18(27)26-15-7-5-14(20)6-8-15)9-11-25-17-16(19(21,22)23)4-3-10-24-17/h3-8,10,13H,1,9,11H2,2H3,(H,24,25)(H,26,27). The van der Waals surface area contributed by atoms with Crippen molar-refractivity contribution in [2.24, 2.45) is 5.92 Å². The van der Waals surface area contributed by atoms with Gasteiger partial charge < -0.3 is 10.6 Å². The van der Waals surface area contributed by atoms with Crippen molar-refractivity contribution in [3.05, 3.63) is 66.1 Å². The number of alkyl halides is 3. The van der Waals surface area contributed by atoms with Crippen molar-refractivity contribution in [3.63, 3.8) is 0 Å². The van der Waals surface area contributed by atoms with Crippen LogP contribution in [0.15, 0.2) is 54.7 Å². The first kappa shape index (κ1) is 20.4. The minimum Gasteiger partial charge on any atom is -0.369 e. The molecule has 0 saturated carbocycles. The first-order chi connectivity index (χ1) is 12.7. The van der Waals surface area contributed by atoms with Gasteiger partial charge in [0.05, 0.1) is 11.5 Å². The van der Waals surface area contributed by atoms with E-state index in [1.54, 1.807) is 6.92 Å². The number of pyridine rings is 1.